The van der Waals surface area contributed by atoms with E-state index in [9.17, 15) is 23.6 Å². The van der Waals surface area contributed by atoms with Gasteiger partial charge in [0.1, 0.15) is 18.8 Å². The number of guanidine groups is 1. The Kier molecular flexibility index (Phi) is 11.6. The molecule has 1 saturated heterocycles. The van der Waals surface area contributed by atoms with E-state index in [1.54, 1.807) is 38.1 Å². The molecule has 2 rings (SSSR count). The maximum absolute atomic E-state index is 13.4. The van der Waals surface area contributed by atoms with Crippen molar-refractivity contribution in [3.63, 3.8) is 0 Å². The van der Waals surface area contributed by atoms with Crippen LogP contribution in [0.4, 0.5) is 4.39 Å². The molecule has 1 fully saturated rings. The lowest BCUT2D eigenvalue weighted by Gasteiger charge is -2.30. The van der Waals surface area contributed by atoms with Crippen molar-refractivity contribution in [2.45, 2.75) is 44.8 Å². The van der Waals surface area contributed by atoms with Crippen molar-refractivity contribution < 1.29 is 23.6 Å². The SMILES string of the molecule is CC(C)[C@H](NC(=O)c1ccc(Br)cc1)C(=O)N1CSC[C@H]1C(=O)N[C@@H](CCCN=C(N)N)C(=O)CF. The summed E-state index contributed by atoms with van der Waals surface area (Å²) in [6.07, 6.45) is 0.505. The molecule has 1 heterocycles. The van der Waals surface area contributed by atoms with Crippen LogP contribution in [0.5, 0.6) is 0 Å². The molecule has 0 bridgehead atoms. The maximum atomic E-state index is 13.4. The fraction of sp³-hybridized carbons (Fsp3) is 0.522. The number of thioether (sulfide) groups is 1. The van der Waals surface area contributed by atoms with Crippen LogP contribution >= 0.6 is 27.7 Å². The quantitative estimate of drug-likeness (QED) is 0.162. The number of hydrogen-bond acceptors (Lipinski definition) is 6. The van der Waals surface area contributed by atoms with Crippen molar-refractivity contribution >= 4 is 57.2 Å². The molecule has 198 valence electrons. The van der Waals surface area contributed by atoms with Crippen LogP contribution in [-0.2, 0) is 14.4 Å². The second-order valence-electron chi connectivity index (χ2n) is 8.64. The summed E-state index contributed by atoms with van der Waals surface area (Å²) in [4.78, 5) is 56.5. The van der Waals surface area contributed by atoms with Crippen LogP contribution in [0.2, 0.25) is 0 Å². The predicted molar refractivity (Wildman–Crippen MR) is 141 cm³/mol. The molecular weight excluding hydrogens is 555 g/mol. The molecule has 0 spiro atoms. The van der Waals surface area contributed by atoms with E-state index in [2.05, 4.69) is 31.6 Å². The normalized spacial score (nSPS) is 16.8. The number of nitrogens with two attached hydrogens (primary N) is 2. The number of aliphatic imine (C=N–C) groups is 1. The minimum atomic E-state index is -1.23. The second-order valence-corrected chi connectivity index (χ2v) is 10.6. The van der Waals surface area contributed by atoms with Gasteiger partial charge in [-0.05, 0) is 43.0 Å². The van der Waals surface area contributed by atoms with Gasteiger partial charge < -0.3 is 27.0 Å². The molecule has 1 aromatic carbocycles. The maximum Gasteiger partial charge on any atom is 0.251 e. The lowest BCUT2D eigenvalue weighted by molar-refractivity contribution is -0.141. The van der Waals surface area contributed by atoms with Gasteiger partial charge in [0.05, 0.1) is 11.9 Å². The number of rotatable bonds is 12. The van der Waals surface area contributed by atoms with Crippen LogP contribution in [0.15, 0.2) is 33.7 Å². The molecule has 0 radical (unpaired) electrons. The Bertz CT molecular complexity index is 974. The zero-order chi connectivity index (χ0) is 26.8. The summed E-state index contributed by atoms with van der Waals surface area (Å²) in [5.41, 5.74) is 11.0. The molecule has 1 aromatic rings. The van der Waals surface area contributed by atoms with Gasteiger partial charge in [-0.25, -0.2) is 4.39 Å². The van der Waals surface area contributed by atoms with Gasteiger partial charge in [-0.1, -0.05) is 29.8 Å². The molecule has 1 aliphatic rings. The Labute approximate surface area is 222 Å². The van der Waals surface area contributed by atoms with Crippen molar-refractivity contribution in [1.82, 2.24) is 15.5 Å². The Morgan fingerprint density at radius 1 is 1.19 bits per heavy atom. The van der Waals surface area contributed by atoms with Gasteiger partial charge in [0.25, 0.3) is 5.91 Å². The first-order valence-electron chi connectivity index (χ1n) is 11.4. The molecule has 10 nitrogen and oxygen atoms in total. The van der Waals surface area contributed by atoms with Crippen LogP contribution in [-0.4, -0.2) is 77.3 Å². The molecule has 3 amide bonds. The molecular formula is C23H32BrFN6O4S. The number of alkyl halides is 1. The van der Waals surface area contributed by atoms with Gasteiger partial charge in [0, 0.05) is 22.3 Å². The lowest BCUT2D eigenvalue weighted by atomic mass is 10.0. The third-order valence-electron chi connectivity index (χ3n) is 5.58. The molecule has 6 N–H and O–H groups in total. The first-order valence-corrected chi connectivity index (χ1v) is 13.4. The third-order valence-corrected chi connectivity index (χ3v) is 7.12. The summed E-state index contributed by atoms with van der Waals surface area (Å²) in [6, 6.07) is 3.95. The second kappa shape index (κ2) is 14.2. The Hall–Kier alpha value is -2.67. The van der Waals surface area contributed by atoms with Crippen molar-refractivity contribution in [2.75, 3.05) is 24.8 Å². The summed E-state index contributed by atoms with van der Waals surface area (Å²) >= 11 is 4.70. The minimum absolute atomic E-state index is 0.100. The summed E-state index contributed by atoms with van der Waals surface area (Å²) in [7, 11) is 0. The topological polar surface area (TPSA) is 160 Å². The number of carbonyl (C=O) groups excluding carboxylic acids is 4. The number of hydrogen-bond donors (Lipinski definition) is 4. The highest BCUT2D eigenvalue weighted by atomic mass is 79.9. The molecule has 0 unspecified atom stereocenters. The molecule has 1 aliphatic heterocycles. The number of halogens is 2. The van der Waals surface area contributed by atoms with Gasteiger partial charge in [0.2, 0.25) is 11.8 Å². The summed E-state index contributed by atoms with van der Waals surface area (Å²) in [6.45, 7) is 2.60. The predicted octanol–water partition coefficient (Wildman–Crippen LogP) is 1.18. The minimum Gasteiger partial charge on any atom is -0.370 e. The van der Waals surface area contributed by atoms with Crippen LogP contribution in [0.1, 0.15) is 37.0 Å². The van der Waals surface area contributed by atoms with Gasteiger partial charge in [-0.3, -0.25) is 24.2 Å². The largest absolute Gasteiger partial charge is 0.370 e. The van der Waals surface area contributed by atoms with Crippen LogP contribution in [0, 0.1) is 5.92 Å². The van der Waals surface area contributed by atoms with Crippen molar-refractivity contribution in [1.29, 1.82) is 0 Å². The smallest absolute Gasteiger partial charge is 0.251 e. The Balaban J connectivity index is 2.09. The first kappa shape index (κ1) is 29.6. The van der Waals surface area contributed by atoms with E-state index in [4.69, 9.17) is 11.5 Å². The highest BCUT2D eigenvalue weighted by Crippen LogP contribution is 2.24. The number of carbonyl (C=O) groups is 4. The standard InChI is InChI=1S/C23H32BrFN6O4S/c1-13(2)19(30-20(33)14-5-7-15(24)8-6-14)22(35)31-12-36-11-17(31)21(34)29-16(18(32)10-25)4-3-9-28-23(26)27/h5-8,13,16-17,19H,3-4,9-12H2,1-2H3,(H,29,34)(H,30,33)(H4,26,27,28)/t16-,17-,19-/m0/s1. The number of amides is 3. The molecule has 13 heteroatoms. The highest BCUT2D eigenvalue weighted by Gasteiger charge is 2.40. The molecule has 0 saturated carbocycles. The monoisotopic (exact) mass is 586 g/mol. The zero-order valence-electron chi connectivity index (χ0n) is 20.2. The van der Waals surface area contributed by atoms with Crippen LogP contribution in [0.3, 0.4) is 0 Å². The third kappa shape index (κ3) is 8.47. The van der Waals surface area contributed by atoms with Gasteiger partial charge in [-0.2, -0.15) is 0 Å². The molecule has 0 aromatic heterocycles. The molecule has 36 heavy (non-hydrogen) atoms. The summed E-state index contributed by atoms with van der Waals surface area (Å²) < 4.78 is 13.9. The average molecular weight is 588 g/mol. The number of benzene rings is 1. The lowest BCUT2D eigenvalue weighted by Crippen LogP contribution is -2.57. The van der Waals surface area contributed by atoms with Crippen molar-refractivity contribution in [3.8, 4) is 0 Å². The summed E-state index contributed by atoms with van der Waals surface area (Å²) in [5, 5.41) is 5.36. The van der Waals surface area contributed by atoms with E-state index in [1.807, 2.05) is 0 Å². The fourth-order valence-electron chi connectivity index (χ4n) is 3.57. The van der Waals surface area contributed by atoms with Crippen LogP contribution < -0.4 is 22.1 Å². The highest BCUT2D eigenvalue weighted by molar-refractivity contribution is 9.10. The zero-order valence-corrected chi connectivity index (χ0v) is 22.6. The van der Waals surface area contributed by atoms with E-state index in [0.717, 1.165) is 4.47 Å². The number of nitrogens with one attached hydrogen (secondary N) is 2. The van der Waals surface area contributed by atoms with Crippen LogP contribution in [0.25, 0.3) is 0 Å². The van der Waals surface area contributed by atoms with Gasteiger partial charge >= 0.3 is 0 Å². The number of nitrogens with zero attached hydrogens (tertiary/aromatic N) is 2. The van der Waals surface area contributed by atoms with E-state index in [-0.39, 0.29) is 30.7 Å². The van der Waals surface area contributed by atoms with E-state index >= 15 is 0 Å². The fourth-order valence-corrected chi connectivity index (χ4v) is 5.00. The molecule has 3 atom stereocenters. The van der Waals surface area contributed by atoms with E-state index < -0.39 is 48.3 Å². The molecule has 0 aliphatic carbocycles. The number of ketones is 1. The van der Waals surface area contributed by atoms with Gasteiger partial charge in [0.15, 0.2) is 11.7 Å². The van der Waals surface area contributed by atoms with Crippen molar-refractivity contribution in [2.24, 2.45) is 22.4 Å². The first-order chi connectivity index (χ1) is 17.0. The van der Waals surface area contributed by atoms with Gasteiger partial charge in [-0.15, -0.1) is 11.8 Å². The average Bonchev–Trinajstić information content (AvgIpc) is 3.33. The Morgan fingerprint density at radius 3 is 2.44 bits per heavy atom. The number of Topliss-reactive ketones (excluding diaryl/α,β-unsaturated/α-hetero) is 1. The van der Waals surface area contributed by atoms with Crippen molar-refractivity contribution in [3.05, 3.63) is 34.3 Å². The Morgan fingerprint density at radius 2 is 1.86 bits per heavy atom. The summed E-state index contributed by atoms with van der Waals surface area (Å²) in [5.74, 6) is -1.91. The van der Waals surface area contributed by atoms with E-state index in [1.165, 1.54) is 16.7 Å². The van der Waals surface area contributed by atoms with E-state index in [0.29, 0.717) is 17.7 Å².